The molecule has 3 fully saturated rings. The highest BCUT2D eigenvalue weighted by molar-refractivity contribution is 14.1. The Morgan fingerprint density at radius 2 is 1.53 bits per heavy atom. The number of phenolic OH excluding ortho intramolecular Hbond substituents is 1. The van der Waals surface area contributed by atoms with Gasteiger partial charge in [-0.3, -0.25) is 29.5 Å². The maximum absolute atomic E-state index is 15.2. The predicted octanol–water partition coefficient (Wildman–Crippen LogP) is 6.80. The fourth-order valence-corrected chi connectivity index (χ4v) is 9.18. The van der Waals surface area contributed by atoms with E-state index in [1.54, 1.807) is 18.2 Å². The van der Waals surface area contributed by atoms with Crippen molar-refractivity contribution < 1.29 is 24.3 Å². The molecule has 2 saturated heterocycles. The molecule has 246 valence electrons. The smallest absolute Gasteiger partial charge is 0.260 e. The molecule has 9 heteroatoms. The third-order valence-electron chi connectivity index (χ3n) is 11.0. The quantitative estimate of drug-likeness (QED) is 0.132. The topological polar surface area (TPSA) is 107 Å². The zero-order valence-electron chi connectivity index (χ0n) is 27.0. The molecule has 4 aromatic rings. The largest absolute Gasteiger partial charge is 0.508 e. The molecule has 2 N–H and O–H groups in total. The first-order valence-electron chi connectivity index (χ1n) is 16.5. The standard InChI is InChI=1S/C40H34IN3O5/c1-22-8-13-27(14-9-22)42-44-37(47)32-21-31-29(17-18-30-34(31)38(48)43(36(30)46)28-15-11-26(41)12-16-28)35(24-10-19-33(45)23(2)20-24)40(32,39(44)49)25-6-4-3-5-7-25/h3-17,19-20,30-32,34-35,42,45H,18,21H2,1-2H3. The maximum atomic E-state index is 15.2. The van der Waals surface area contributed by atoms with Gasteiger partial charge < -0.3 is 5.11 Å². The summed E-state index contributed by atoms with van der Waals surface area (Å²) >= 11 is 2.19. The van der Waals surface area contributed by atoms with Crippen molar-refractivity contribution in [3.63, 3.8) is 0 Å². The Hall–Kier alpha value is -4.77. The van der Waals surface area contributed by atoms with Gasteiger partial charge >= 0.3 is 0 Å². The average Bonchev–Trinajstić information content (AvgIpc) is 3.48. The molecule has 2 aliphatic carbocycles. The number of nitrogens with one attached hydrogen (secondary N) is 1. The Labute approximate surface area is 297 Å². The Morgan fingerprint density at radius 1 is 0.816 bits per heavy atom. The summed E-state index contributed by atoms with van der Waals surface area (Å²) in [5.74, 6) is -4.31. The summed E-state index contributed by atoms with van der Waals surface area (Å²) in [7, 11) is 0. The number of aryl methyl sites for hydroxylation is 2. The van der Waals surface area contributed by atoms with E-state index in [9.17, 15) is 19.5 Å². The van der Waals surface area contributed by atoms with E-state index in [2.05, 4.69) is 34.1 Å². The first-order chi connectivity index (χ1) is 23.6. The number of hydrazine groups is 1. The molecule has 6 atom stereocenters. The van der Waals surface area contributed by atoms with Gasteiger partial charge in [-0.2, -0.15) is 5.01 Å². The first-order valence-corrected chi connectivity index (χ1v) is 17.6. The number of halogens is 1. The lowest BCUT2D eigenvalue weighted by molar-refractivity contribution is -0.138. The number of carbonyl (C=O) groups excluding carboxylic acids is 4. The highest BCUT2D eigenvalue weighted by Gasteiger charge is 2.70. The van der Waals surface area contributed by atoms with E-state index in [1.807, 2.05) is 92.7 Å². The van der Waals surface area contributed by atoms with Gasteiger partial charge in [0, 0.05) is 9.49 Å². The highest BCUT2D eigenvalue weighted by Crippen LogP contribution is 2.64. The van der Waals surface area contributed by atoms with Gasteiger partial charge in [0.05, 0.1) is 34.5 Å². The minimum Gasteiger partial charge on any atom is -0.508 e. The molecular formula is C40H34IN3O5. The second-order valence-electron chi connectivity index (χ2n) is 13.6. The number of anilines is 2. The predicted molar refractivity (Wildman–Crippen MR) is 193 cm³/mol. The molecule has 4 aromatic carbocycles. The number of rotatable bonds is 5. The third kappa shape index (κ3) is 4.69. The number of imide groups is 2. The minimum absolute atomic E-state index is 0.125. The van der Waals surface area contributed by atoms with E-state index in [4.69, 9.17) is 0 Å². The van der Waals surface area contributed by atoms with Crippen LogP contribution in [-0.4, -0.2) is 33.7 Å². The van der Waals surface area contributed by atoms with Crippen LogP contribution in [0.5, 0.6) is 5.75 Å². The normalized spacial score (nSPS) is 27.5. The zero-order valence-corrected chi connectivity index (χ0v) is 29.1. The number of fused-ring (bicyclic) bond motifs is 4. The van der Waals surface area contributed by atoms with Crippen molar-refractivity contribution >= 4 is 57.6 Å². The summed E-state index contributed by atoms with van der Waals surface area (Å²) in [5, 5.41) is 11.7. The van der Waals surface area contributed by atoms with Gasteiger partial charge in [0.25, 0.3) is 11.8 Å². The van der Waals surface area contributed by atoms with Crippen LogP contribution >= 0.6 is 22.6 Å². The maximum Gasteiger partial charge on any atom is 0.260 e. The minimum atomic E-state index is -1.35. The van der Waals surface area contributed by atoms with E-state index in [-0.39, 0.29) is 35.8 Å². The molecule has 4 aliphatic rings. The van der Waals surface area contributed by atoms with Crippen LogP contribution in [0.3, 0.4) is 0 Å². The van der Waals surface area contributed by atoms with Crippen molar-refractivity contribution in [2.24, 2.45) is 23.7 Å². The van der Waals surface area contributed by atoms with Gasteiger partial charge in [0.15, 0.2) is 0 Å². The van der Waals surface area contributed by atoms with Crippen LogP contribution < -0.4 is 10.3 Å². The van der Waals surface area contributed by atoms with Crippen molar-refractivity contribution in [3.8, 4) is 5.75 Å². The molecule has 49 heavy (non-hydrogen) atoms. The fourth-order valence-electron chi connectivity index (χ4n) is 8.83. The number of phenols is 1. The van der Waals surface area contributed by atoms with Crippen molar-refractivity contribution in [2.45, 2.75) is 38.0 Å². The summed E-state index contributed by atoms with van der Waals surface area (Å²) in [4.78, 5) is 59.6. The third-order valence-corrected chi connectivity index (χ3v) is 11.8. The number of carbonyl (C=O) groups is 4. The van der Waals surface area contributed by atoms with E-state index in [0.717, 1.165) is 25.3 Å². The Kier molecular flexibility index (Phi) is 7.51. The highest BCUT2D eigenvalue weighted by atomic mass is 127. The molecule has 2 aliphatic heterocycles. The molecule has 0 bridgehead atoms. The van der Waals surface area contributed by atoms with E-state index in [0.29, 0.717) is 28.9 Å². The fraction of sp³-hybridized carbons (Fsp3) is 0.250. The number of aromatic hydroxyl groups is 1. The number of allylic oxidation sites excluding steroid dienone is 2. The second-order valence-corrected chi connectivity index (χ2v) is 14.9. The van der Waals surface area contributed by atoms with Gasteiger partial charge in [0.2, 0.25) is 11.8 Å². The Morgan fingerprint density at radius 3 is 2.22 bits per heavy atom. The summed E-state index contributed by atoms with van der Waals surface area (Å²) in [6, 6.07) is 29.6. The molecule has 8 rings (SSSR count). The lowest BCUT2D eigenvalue weighted by Gasteiger charge is -2.50. The second kappa shape index (κ2) is 11.7. The van der Waals surface area contributed by atoms with E-state index < -0.39 is 35.0 Å². The molecule has 8 nitrogen and oxygen atoms in total. The van der Waals surface area contributed by atoms with Crippen molar-refractivity contribution in [3.05, 3.63) is 135 Å². The van der Waals surface area contributed by atoms with Crippen LogP contribution in [0.4, 0.5) is 11.4 Å². The molecule has 0 spiro atoms. The summed E-state index contributed by atoms with van der Waals surface area (Å²) in [5.41, 5.74) is 6.96. The molecule has 4 amide bonds. The number of hydrogen-bond acceptors (Lipinski definition) is 6. The molecule has 2 heterocycles. The number of hydrogen-bond donors (Lipinski definition) is 2. The van der Waals surface area contributed by atoms with Gasteiger partial charge in [-0.05, 0) is 114 Å². The summed E-state index contributed by atoms with van der Waals surface area (Å²) < 4.78 is 0.992. The number of nitrogens with zero attached hydrogens (tertiary/aromatic N) is 2. The molecule has 6 unspecified atom stereocenters. The number of benzene rings is 4. The van der Waals surface area contributed by atoms with E-state index >= 15 is 4.79 Å². The number of amides is 4. The molecule has 0 radical (unpaired) electrons. The van der Waals surface area contributed by atoms with Crippen LogP contribution in [0, 0.1) is 41.1 Å². The van der Waals surface area contributed by atoms with Crippen molar-refractivity contribution in [1.82, 2.24) is 5.01 Å². The molecular weight excluding hydrogens is 729 g/mol. The van der Waals surface area contributed by atoms with Crippen molar-refractivity contribution in [2.75, 3.05) is 10.3 Å². The first kappa shape index (κ1) is 31.5. The monoisotopic (exact) mass is 763 g/mol. The lowest BCUT2D eigenvalue weighted by Crippen LogP contribution is -2.53. The van der Waals surface area contributed by atoms with Gasteiger partial charge in [-0.25, -0.2) is 0 Å². The van der Waals surface area contributed by atoms with E-state index in [1.165, 1.54) is 4.90 Å². The molecule has 0 aromatic heterocycles. The van der Waals surface area contributed by atoms with Crippen LogP contribution in [0.1, 0.15) is 41.0 Å². The van der Waals surface area contributed by atoms with Crippen LogP contribution in [0.2, 0.25) is 0 Å². The van der Waals surface area contributed by atoms with Crippen LogP contribution in [-0.2, 0) is 24.6 Å². The van der Waals surface area contributed by atoms with Crippen LogP contribution in [0.15, 0.2) is 109 Å². The van der Waals surface area contributed by atoms with Gasteiger partial charge in [-0.1, -0.05) is 71.8 Å². The Bertz CT molecular complexity index is 2060. The van der Waals surface area contributed by atoms with Gasteiger partial charge in [0.1, 0.15) is 5.75 Å². The lowest BCUT2D eigenvalue weighted by atomic mass is 9.49. The molecule has 1 saturated carbocycles. The average molecular weight is 764 g/mol. The summed E-state index contributed by atoms with van der Waals surface area (Å²) in [6.07, 6.45) is 2.63. The Balaban J connectivity index is 1.32. The van der Waals surface area contributed by atoms with Gasteiger partial charge in [-0.15, -0.1) is 0 Å². The SMILES string of the molecule is Cc1ccc(NN2C(=O)C3CC4C(=CCC5C(=O)N(c6ccc(I)cc6)C(=O)C54)C(c4ccc(O)c(C)c4)C3(c3ccccc3)C2=O)cc1. The van der Waals surface area contributed by atoms with Crippen LogP contribution in [0.25, 0.3) is 0 Å². The zero-order chi connectivity index (χ0) is 34.2. The summed E-state index contributed by atoms with van der Waals surface area (Å²) in [6.45, 7) is 3.78. The van der Waals surface area contributed by atoms with Crippen molar-refractivity contribution in [1.29, 1.82) is 0 Å².